The summed E-state index contributed by atoms with van der Waals surface area (Å²) in [6.45, 7) is 4.41. The number of benzene rings is 1. The van der Waals surface area contributed by atoms with E-state index in [9.17, 15) is 9.90 Å². The molecule has 18 heavy (non-hydrogen) atoms. The summed E-state index contributed by atoms with van der Waals surface area (Å²) >= 11 is 0. The molecule has 1 heterocycles. The molecular formula is C14H19NO3. The lowest BCUT2D eigenvalue weighted by atomic mass is 9.97. The van der Waals surface area contributed by atoms with Gasteiger partial charge in [-0.3, -0.25) is 4.90 Å². The van der Waals surface area contributed by atoms with Gasteiger partial charge in [0.2, 0.25) is 0 Å². The van der Waals surface area contributed by atoms with Crippen molar-refractivity contribution in [1.29, 1.82) is 0 Å². The van der Waals surface area contributed by atoms with E-state index in [1.165, 1.54) is 5.56 Å². The topological polar surface area (TPSA) is 60.8 Å². The molecule has 0 aliphatic carbocycles. The largest absolute Gasteiger partial charge is 0.478 e. The number of hydrogen-bond acceptors (Lipinski definition) is 3. The van der Waals surface area contributed by atoms with E-state index in [4.69, 9.17) is 5.11 Å². The van der Waals surface area contributed by atoms with E-state index in [2.05, 4.69) is 4.90 Å². The smallest absolute Gasteiger partial charge is 0.335 e. The Bertz CT molecular complexity index is 443. The Balaban J connectivity index is 2.07. The summed E-state index contributed by atoms with van der Waals surface area (Å²) < 4.78 is 0. The highest BCUT2D eigenvalue weighted by Gasteiger charge is 2.17. The van der Waals surface area contributed by atoms with Crippen molar-refractivity contribution < 1.29 is 15.0 Å². The monoisotopic (exact) mass is 249 g/mol. The number of aromatic carboxylic acids is 1. The van der Waals surface area contributed by atoms with Gasteiger partial charge < -0.3 is 10.2 Å². The van der Waals surface area contributed by atoms with Crippen LogP contribution in [0.5, 0.6) is 0 Å². The van der Waals surface area contributed by atoms with Gasteiger partial charge in [0.15, 0.2) is 0 Å². The molecule has 0 bridgehead atoms. The molecule has 0 fully saturated rings. The second kappa shape index (κ2) is 5.50. The van der Waals surface area contributed by atoms with Gasteiger partial charge in [-0.15, -0.1) is 0 Å². The molecule has 1 aromatic carbocycles. The van der Waals surface area contributed by atoms with Crippen LogP contribution in [-0.4, -0.2) is 40.3 Å². The number of carbonyl (C=O) groups is 1. The zero-order chi connectivity index (χ0) is 13.1. The van der Waals surface area contributed by atoms with Crippen LogP contribution in [0, 0.1) is 0 Å². The number of carboxylic acid groups (broad SMARTS) is 1. The molecule has 4 heteroatoms. The van der Waals surface area contributed by atoms with Gasteiger partial charge >= 0.3 is 5.97 Å². The average molecular weight is 249 g/mol. The molecule has 2 rings (SSSR count). The quantitative estimate of drug-likeness (QED) is 0.849. The molecule has 1 aliphatic heterocycles. The van der Waals surface area contributed by atoms with Crippen molar-refractivity contribution in [2.45, 2.75) is 32.4 Å². The molecule has 0 radical (unpaired) electrons. The highest BCUT2D eigenvalue weighted by Crippen LogP contribution is 2.20. The Morgan fingerprint density at radius 3 is 2.89 bits per heavy atom. The van der Waals surface area contributed by atoms with E-state index in [-0.39, 0.29) is 6.10 Å². The predicted molar refractivity (Wildman–Crippen MR) is 68.7 cm³/mol. The predicted octanol–water partition coefficient (Wildman–Crippen LogP) is 1.51. The Hall–Kier alpha value is -1.39. The molecule has 1 aromatic rings. The lowest BCUT2D eigenvalue weighted by molar-refractivity contribution is 0.0696. The van der Waals surface area contributed by atoms with Crippen LogP contribution in [0.15, 0.2) is 18.2 Å². The summed E-state index contributed by atoms with van der Waals surface area (Å²) in [5.74, 6) is -0.876. The highest BCUT2D eigenvalue weighted by molar-refractivity contribution is 5.87. The summed E-state index contributed by atoms with van der Waals surface area (Å²) in [5, 5.41) is 18.3. The van der Waals surface area contributed by atoms with E-state index in [1.807, 2.05) is 6.07 Å². The van der Waals surface area contributed by atoms with Gasteiger partial charge in [0.1, 0.15) is 0 Å². The van der Waals surface area contributed by atoms with Crippen LogP contribution in [0.4, 0.5) is 0 Å². The second-order valence-corrected chi connectivity index (χ2v) is 4.95. The minimum absolute atomic E-state index is 0.281. The van der Waals surface area contributed by atoms with Gasteiger partial charge in [0, 0.05) is 19.6 Å². The number of hydrogen-bond donors (Lipinski definition) is 2. The van der Waals surface area contributed by atoms with Crippen molar-refractivity contribution in [2.24, 2.45) is 0 Å². The first-order valence-electron chi connectivity index (χ1n) is 6.32. The fourth-order valence-electron chi connectivity index (χ4n) is 2.31. The highest BCUT2D eigenvalue weighted by atomic mass is 16.4. The van der Waals surface area contributed by atoms with Crippen LogP contribution < -0.4 is 0 Å². The third-order valence-corrected chi connectivity index (χ3v) is 3.41. The number of aliphatic hydroxyl groups excluding tert-OH is 1. The number of carboxylic acids is 1. The van der Waals surface area contributed by atoms with Crippen LogP contribution in [0.3, 0.4) is 0 Å². The van der Waals surface area contributed by atoms with E-state index in [0.29, 0.717) is 5.56 Å². The van der Waals surface area contributed by atoms with Crippen molar-refractivity contribution in [3.63, 3.8) is 0 Å². The van der Waals surface area contributed by atoms with E-state index < -0.39 is 5.97 Å². The first-order valence-corrected chi connectivity index (χ1v) is 6.32. The van der Waals surface area contributed by atoms with Gasteiger partial charge in [-0.1, -0.05) is 6.07 Å². The van der Waals surface area contributed by atoms with Crippen LogP contribution >= 0.6 is 0 Å². The SMILES string of the molecule is CC(O)CCN1CCc2ccc(C(=O)O)cc2C1. The molecule has 98 valence electrons. The van der Waals surface area contributed by atoms with Gasteiger partial charge in [0.05, 0.1) is 11.7 Å². The molecule has 0 amide bonds. The molecule has 0 spiro atoms. The summed E-state index contributed by atoms with van der Waals surface area (Å²) in [6, 6.07) is 5.36. The van der Waals surface area contributed by atoms with Crippen LogP contribution in [0.2, 0.25) is 0 Å². The zero-order valence-corrected chi connectivity index (χ0v) is 10.6. The average Bonchev–Trinajstić information content (AvgIpc) is 2.35. The maximum atomic E-state index is 10.9. The van der Waals surface area contributed by atoms with E-state index in [0.717, 1.165) is 38.0 Å². The first kappa shape index (κ1) is 13.1. The summed E-state index contributed by atoms with van der Waals surface area (Å²) in [4.78, 5) is 13.2. The molecule has 1 aliphatic rings. The van der Waals surface area contributed by atoms with Gasteiger partial charge in [-0.2, -0.15) is 0 Å². The van der Waals surface area contributed by atoms with Crippen molar-refractivity contribution in [2.75, 3.05) is 13.1 Å². The molecule has 2 N–H and O–H groups in total. The third-order valence-electron chi connectivity index (χ3n) is 3.41. The standard InChI is InChI=1S/C14H19NO3/c1-10(16)4-6-15-7-5-11-2-3-12(14(17)18)8-13(11)9-15/h2-3,8,10,16H,4-7,9H2,1H3,(H,17,18). The number of aliphatic hydroxyl groups is 1. The lowest BCUT2D eigenvalue weighted by Crippen LogP contribution is -2.32. The maximum Gasteiger partial charge on any atom is 0.335 e. The Kier molecular flexibility index (Phi) is 3.99. The normalized spacial score (nSPS) is 17.2. The Morgan fingerprint density at radius 1 is 1.44 bits per heavy atom. The Morgan fingerprint density at radius 2 is 2.22 bits per heavy atom. The molecular weight excluding hydrogens is 230 g/mol. The Labute approximate surface area is 107 Å². The summed E-state index contributed by atoms with van der Waals surface area (Å²) in [6.07, 6.45) is 1.43. The minimum Gasteiger partial charge on any atom is -0.478 e. The summed E-state index contributed by atoms with van der Waals surface area (Å²) in [5.41, 5.74) is 2.70. The van der Waals surface area contributed by atoms with Crippen LogP contribution in [0.1, 0.15) is 34.8 Å². The third kappa shape index (κ3) is 3.09. The maximum absolute atomic E-state index is 10.9. The van der Waals surface area contributed by atoms with E-state index >= 15 is 0 Å². The van der Waals surface area contributed by atoms with Crippen molar-refractivity contribution in [1.82, 2.24) is 4.90 Å². The zero-order valence-electron chi connectivity index (χ0n) is 10.6. The van der Waals surface area contributed by atoms with Crippen molar-refractivity contribution >= 4 is 5.97 Å². The molecule has 0 aromatic heterocycles. The van der Waals surface area contributed by atoms with E-state index in [1.54, 1.807) is 19.1 Å². The fourth-order valence-corrected chi connectivity index (χ4v) is 2.31. The number of fused-ring (bicyclic) bond motifs is 1. The molecule has 0 saturated heterocycles. The van der Waals surface area contributed by atoms with Crippen molar-refractivity contribution in [3.05, 3.63) is 34.9 Å². The number of rotatable bonds is 4. The van der Waals surface area contributed by atoms with Crippen LogP contribution in [-0.2, 0) is 13.0 Å². The number of nitrogens with zero attached hydrogens (tertiary/aromatic N) is 1. The van der Waals surface area contributed by atoms with Crippen LogP contribution in [0.25, 0.3) is 0 Å². The lowest BCUT2D eigenvalue weighted by Gasteiger charge is -2.29. The van der Waals surface area contributed by atoms with Gasteiger partial charge in [0.25, 0.3) is 0 Å². The molecule has 4 nitrogen and oxygen atoms in total. The molecule has 0 saturated carbocycles. The molecule has 1 atom stereocenters. The van der Waals surface area contributed by atoms with Gasteiger partial charge in [-0.25, -0.2) is 4.79 Å². The fraction of sp³-hybridized carbons (Fsp3) is 0.500. The second-order valence-electron chi connectivity index (χ2n) is 4.95. The summed E-state index contributed by atoms with van der Waals surface area (Å²) in [7, 11) is 0. The molecule has 1 unspecified atom stereocenters. The first-order chi connectivity index (χ1) is 8.56. The minimum atomic E-state index is -0.876. The van der Waals surface area contributed by atoms with Gasteiger partial charge in [-0.05, 0) is 43.0 Å². The van der Waals surface area contributed by atoms with Crippen molar-refractivity contribution in [3.8, 4) is 0 Å².